The zero-order chi connectivity index (χ0) is 31.5. The Bertz CT molecular complexity index is 1510. The molecular weight excluding hydrogens is 544 g/mol. The third-order valence-electron chi connectivity index (χ3n) is 7.45. The van der Waals surface area contributed by atoms with Crippen LogP contribution in [-0.2, 0) is 19.1 Å². The van der Waals surface area contributed by atoms with Crippen LogP contribution in [0.1, 0.15) is 69.7 Å². The molecule has 4 atom stereocenters. The molecule has 4 amide bonds. The fourth-order valence-corrected chi connectivity index (χ4v) is 5.43. The highest BCUT2D eigenvalue weighted by Crippen LogP contribution is 2.41. The molecule has 1 aliphatic carbocycles. The van der Waals surface area contributed by atoms with Crippen LogP contribution in [0, 0.1) is 19.8 Å². The molecule has 3 aromatic rings. The summed E-state index contributed by atoms with van der Waals surface area (Å²) in [5.41, 5.74) is 7.80. The first kappa shape index (κ1) is 31.5. The summed E-state index contributed by atoms with van der Waals surface area (Å²) in [5, 5.41) is 7.71. The zero-order valence-electron chi connectivity index (χ0n) is 25.8. The molecular formula is C34H42N4O5. The Hall–Kier alpha value is -4.40. The molecule has 4 unspecified atom stereocenters. The minimum atomic E-state index is -1.13. The number of primary amides is 1. The number of ether oxygens (including phenoxy) is 1. The molecule has 0 saturated heterocycles. The van der Waals surface area contributed by atoms with Gasteiger partial charge in [-0.3, -0.25) is 14.4 Å². The van der Waals surface area contributed by atoms with Crippen LogP contribution in [-0.4, -0.2) is 46.4 Å². The van der Waals surface area contributed by atoms with Gasteiger partial charge < -0.3 is 26.0 Å². The van der Waals surface area contributed by atoms with Gasteiger partial charge in [0, 0.05) is 18.2 Å². The van der Waals surface area contributed by atoms with Crippen molar-refractivity contribution in [2.75, 3.05) is 5.32 Å². The van der Waals surface area contributed by atoms with Gasteiger partial charge in [-0.05, 0) is 81.8 Å². The highest BCUT2D eigenvalue weighted by atomic mass is 16.6. The van der Waals surface area contributed by atoms with Crippen LogP contribution in [0.2, 0.25) is 0 Å². The normalized spacial score (nSPS) is 17.4. The molecule has 0 aliphatic heterocycles. The van der Waals surface area contributed by atoms with Crippen molar-refractivity contribution >= 4 is 40.3 Å². The molecule has 43 heavy (non-hydrogen) atoms. The number of benzene rings is 3. The number of nitrogens with one attached hydrogen (secondary N) is 2. The molecule has 9 heteroatoms. The van der Waals surface area contributed by atoms with Crippen LogP contribution in [0.4, 0.5) is 10.5 Å². The minimum Gasteiger partial charge on any atom is -0.444 e. The van der Waals surface area contributed by atoms with Crippen molar-refractivity contribution in [3.05, 3.63) is 77.4 Å². The summed E-state index contributed by atoms with van der Waals surface area (Å²) < 4.78 is 5.42. The van der Waals surface area contributed by atoms with Crippen molar-refractivity contribution in [3.8, 4) is 0 Å². The predicted molar refractivity (Wildman–Crippen MR) is 167 cm³/mol. The van der Waals surface area contributed by atoms with Gasteiger partial charge in [0.1, 0.15) is 17.7 Å². The summed E-state index contributed by atoms with van der Waals surface area (Å²) in [6.07, 6.45) is -0.248. The number of rotatable bonds is 10. The van der Waals surface area contributed by atoms with E-state index in [0.29, 0.717) is 17.7 Å². The first-order chi connectivity index (χ1) is 20.2. The maximum absolute atomic E-state index is 14.4. The van der Waals surface area contributed by atoms with Crippen LogP contribution in [0.3, 0.4) is 0 Å². The van der Waals surface area contributed by atoms with Crippen molar-refractivity contribution in [1.82, 2.24) is 10.2 Å². The van der Waals surface area contributed by atoms with Gasteiger partial charge in [0.15, 0.2) is 0 Å². The van der Waals surface area contributed by atoms with Crippen LogP contribution in [0.15, 0.2) is 60.7 Å². The van der Waals surface area contributed by atoms with E-state index in [-0.39, 0.29) is 30.7 Å². The fraction of sp³-hybridized carbons (Fsp3) is 0.412. The lowest BCUT2D eigenvalue weighted by atomic mass is 9.97. The Morgan fingerprint density at radius 3 is 2.19 bits per heavy atom. The summed E-state index contributed by atoms with van der Waals surface area (Å²) in [5.74, 6) is -1.31. The molecule has 1 aliphatic rings. The van der Waals surface area contributed by atoms with Gasteiger partial charge >= 0.3 is 6.09 Å². The number of carbonyl (C=O) groups excluding carboxylic acids is 4. The van der Waals surface area contributed by atoms with Crippen molar-refractivity contribution in [3.63, 3.8) is 0 Å². The average Bonchev–Trinajstić information content (AvgIpc) is 3.62. The second kappa shape index (κ2) is 12.9. The molecule has 1 fully saturated rings. The average molecular weight is 587 g/mol. The quantitative estimate of drug-likeness (QED) is 0.287. The summed E-state index contributed by atoms with van der Waals surface area (Å²) in [7, 11) is 0. The number of hydrogen-bond donors (Lipinski definition) is 3. The van der Waals surface area contributed by atoms with Gasteiger partial charge in [0.05, 0.1) is 0 Å². The molecule has 0 spiro atoms. The monoisotopic (exact) mass is 586 g/mol. The van der Waals surface area contributed by atoms with E-state index in [1.807, 2.05) is 81.4 Å². The standard InChI is InChI=1S/C34H42N4O5/c1-20-15-21(2)17-25(16-20)30(31(40)36-26-12-11-23-9-7-8-10-24(23)19-26)38(28-18-22(28)3)32(41)27(13-14-29(35)39)37-33(42)43-34(4,5)6/h7-12,15-17,19,22,27-28,30H,13-14,18H2,1-6H3,(H2,35,39)(H,36,40)(H,37,42). The second-order valence-electron chi connectivity index (χ2n) is 12.6. The SMILES string of the molecule is Cc1cc(C)cc(C(C(=O)Nc2ccc3ccccc3c2)N(C(=O)C(CCC(N)=O)NC(=O)OC(C)(C)C)C2CC2C)c1. The number of alkyl carbamates (subject to hydrolysis) is 1. The summed E-state index contributed by atoms with van der Waals surface area (Å²) in [4.78, 5) is 54.8. The first-order valence-corrected chi connectivity index (χ1v) is 14.7. The minimum absolute atomic E-state index is 0.0309. The summed E-state index contributed by atoms with van der Waals surface area (Å²) in [6, 6.07) is 17.0. The van der Waals surface area contributed by atoms with Gasteiger partial charge in [0.25, 0.3) is 5.91 Å². The predicted octanol–water partition coefficient (Wildman–Crippen LogP) is 5.53. The number of carbonyl (C=O) groups is 4. The van der Waals surface area contributed by atoms with Gasteiger partial charge in [-0.25, -0.2) is 4.79 Å². The molecule has 228 valence electrons. The van der Waals surface area contributed by atoms with Gasteiger partial charge in [0.2, 0.25) is 11.8 Å². The Morgan fingerprint density at radius 2 is 1.60 bits per heavy atom. The Balaban J connectivity index is 1.75. The molecule has 1 saturated carbocycles. The molecule has 9 nitrogen and oxygen atoms in total. The van der Waals surface area contributed by atoms with E-state index in [2.05, 4.69) is 10.6 Å². The number of fused-ring (bicyclic) bond motifs is 1. The Morgan fingerprint density at radius 1 is 0.977 bits per heavy atom. The van der Waals surface area contributed by atoms with E-state index in [4.69, 9.17) is 10.5 Å². The highest BCUT2D eigenvalue weighted by molar-refractivity contribution is 6.00. The van der Waals surface area contributed by atoms with Gasteiger partial charge in [-0.2, -0.15) is 0 Å². The van der Waals surface area contributed by atoms with E-state index >= 15 is 0 Å². The van der Waals surface area contributed by atoms with Crippen molar-refractivity contribution in [2.24, 2.45) is 11.7 Å². The smallest absolute Gasteiger partial charge is 0.408 e. The van der Waals surface area contributed by atoms with Crippen LogP contribution >= 0.6 is 0 Å². The Labute approximate surface area is 253 Å². The highest BCUT2D eigenvalue weighted by Gasteiger charge is 2.48. The topological polar surface area (TPSA) is 131 Å². The summed E-state index contributed by atoms with van der Waals surface area (Å²) >= 11 is 0. The van der Waals surface area contributed by atoms with Crippen molar-refractivity contribution < 1.29 is 23.9 Å². The Kier molecular flexibility index (Phi) is 9.43. The van der Waals surface area contributed by atoms with Gasteiger partial charge in [-0.1, -0.05) is 66.6 Å². The number of nitrogens with two attached hydrogens (primary N) is 1. The van der Waals surface area contributed by atoms with Crippen molar-refractivity contribution in [1.29, 1.82) is 0 Å². The lowest BCUT2D eigenvalue weighted by molar-refractivity contribution is -0.142. The lowest BCUT2D eigenvalue weighted by Crippen LogP contribution is -2.53. The number of amides is 4. The summed E-state index contributed by atoms with van der Waals surface area (Å²) in [6.45, 7) is 11.1. The molecule has 4 rings (SSSR count). The van der Waals surface area contributed by atoms with E-state index in [9.17, 15) is 19.2 Å². The van der Waals surface area contributed by atoms with E-state index in [1.54, 1.807) is 25.7 Å². The molecule has 0 bridgehead atoms. The van der Waals surface area contributed by atoms with E-state index < -0.39 is 35.6 Å². The van der Waals surface area contributed by atoms with E-state index in [0.717, 1.165) is 21.9 Å². The second-order valence-corrected chi connectivity index (χ2v) is 12.6. The molecule has 0 radical (unpaired) electrons. The molecule has 0 heterocycles. The molecule has 4 N–H and O–H groups in total. The zero-order valence-corrected chi connectivity index (χ0v) is 25.8. The third-order valence-corrected chi connectivity index (χ3v) is 7.45. The lowest BCUT2D eigenvalue weighted by Gasteiger charge is -2.35. The maximum atomic E-state index is 14.4. The number of aryl methyl sites for hydroxylation is 2. The van der Waals surface area contributed by atoms with Crippen LogP contribution < -0.4 is 16.4 Å². The van der Waals surface area contributed by atoms with E-state index in [1.165, 1.54) is 0 Å². The maximum Gasteiger partial charge on any atom is 0.408 e. The van der Waals surface area contributed by atoms with Crippen LogP contribution in [0.25, 0.3) is 10.8 Å². The van der Waals surface area contributed by atoms with Crippen molar-refractivity contribution in [2.45, 2.75) is 84.5 Å². The number of anilines is 1. The number of hydrogen-bond acceptors (Lipinski definition) is 5. The third kappa shape index (κ3) is 8.34. The molecule has 0 aromatic heterocycles. The molecule has 3 aromatic carbocycles. The van der Waals surface area contributed by atoms with Crippen LogP contribution in [0.5, 0.6) is 0 Å². The number of nitrogens with zero attached hydrogens (tertiary/aromatic N) is 1. The fourth-order valence-electron chi connectivity index (χ4n) is 5.43. The van der Waals surface area contributed by atoms with Gasteiger partial charge in [-0.15, -0.1) is 0 Å². The largest absolute Gasteiger partial charge is 0.444 e. The first-order valence-electron chi connectivity index (χ1n) is 14.7.